The van der Waals surface area contributed by atoms with E-state index in [4.69, 9.17) is 12.6 Å². The molecule has 7 nitrogen and oxygen atoms in total. The lowest BCUT2D eigenvalue weighted by Gasteiger charge is -2.36. The fourth-order valence-electron chi connectivity index (χ4n) is 4.90. The minimum Gasteiger partial charge on any atom is -0.368 e. The highest BCUT2D eigenvalue weighted by atomic mass is 79.9. The number of piperazine rings is 1. The molecule has 9 heteroatoms. The number of imide groups is 1. The number of amides is 2. The number of fused-ring (bicyclic) bond motifs is 1. The van der Waals surface area contributed by atoms with Crippen LogP contribution in [-0.4, -0.2) is 58.8 Å². The molecular formula is C23H26BrN5O2S. The fourth-order valence-corrected chi connectivity index (χ4v) is 5.88. The van der Waals surface area contributed by atoms with Gasteiger partial charge in [0.05, 0.1) is 21.6 Å². The van der Waals surface area contributed by atoms with Gasteiger partial charge in [0.2, 0.25) is 11.8 Å². The summed E-state index contributed by atoms with van der Waals surface area (Å²) in [5.41, 5.74) is 4.86. The minimum atomic E-state index is -0.299. The number of halogens is 1. The van der Waals surface area contributed by atoms with Gasteiger partial charge in [0.25, 0.3) is 0 Å². The molecule has 2 atom stereocenters. The number of carbonyl (C=O) groups is 2. The van der Waals surface area contributed by atoms with Crippen LogP contribution in [0.4, 0.5) is 5.69 Å². The summed E-state index contributed by atoms with van der Waals surface area (Å²) >= 11 is 8.45. The molecule has 2 aromatic rings. The van der Waals surface area contributed by atoms with E-state index in [-0.39, 0.29) is 23.2 Å². The summed E-state index contributed by atoms with van der Waals surface area (Å²) in [6, 6.07) is 8.36. The minimum absolute atomic E-state index is 0.130. The number of benzene rings is 1. The molecule has 4 heterocycles. The maximum atomic E-state index is 12.3. The largest absolute Gasteiger partial charge is 0.368 e. The molecule has 0 radical (unpaired) electrons. The predicted octanol–water partition coefficient (Wildman–Crippen LogP) is 2.72. The number of piperidine rings is 1. The van der Waals surface area contributed by atoms with Gasteiger partial charge in [-0.25, -0.2) is 0 Å². The van der Waals surface area contributed by atoms with Crippen LogP contribution < -0.4 is 10.2 Å². The number of thiol groups is 1. The van der Waals surface area contributed by atoms with Crippen molar-refractivity contribution < 1.29 is 9.59 Å². The lowest BCUT2D eigenvalue weighted by Crippen LogP contribution is -2.51. The Hall–Kier alpha value is -1.94. The SMILES string of the molecule is O=C1CCC(N2Cc3ccc(CN4CCN(c5ccncc5Br)CC4)cc3C2S)C(=O)N1. The molecule has 168 valence electrons. The molecule has 2 unspecified atom stereocenters. The van der Waals surface area contributed by atoms with Crippen LogP contribution in [0.2, 0.25) is 0 Å². The lowest BCUT2D eigenvalue weighted by atomic mass is 10.0. The van der Waals surface area contributed by atoms with E-state index in [1.807, 2.05) is 12.4 Å². The van der Waals surface area contributed by atoms with Crippen LogP contribution in [0.5, 0.6) is 0 Å². The first-order valence-electron chi connectivity index (χ1n) is 11.0. The van der Waals surface area contributed by atoms with Gasteiger partial charge in [0, 0.05) is 58.1 Å². The van der Waals surface area contributed by atoms with Crippen molar-refractivity contribution in [2.24, 2.45) is 0 Å². The zero-order valence-electron chi connectivity index (χ0n) is 17.7. The summed E-state index contributed by atoms with van der Waals surface area (Å²) in [6.45, 7) is 5.54. The third kappa shape index (κ3) is 4.31. The van der Waals surface area contributed by atoms with E-state index in [1.54, 1.807) is 0 Å². The van der Waals surface area contributed by atoms with Gasteiger partial charge >= 0.3 is 0 Å². The summed E-state index contributed by atoms with van der Waals surface area (Å²) in [4.78, 5) is 35.0. The molecule has 3 aliphatic heterocycles. The Morgan fingerprint density at radius 3 is 2.72 bits per heavy atom. The number of carbonyl (C=O) groups excluding carboxylic acids is 2. The average molecular weight is 516 g/mol. The second kappa shape index (κ2) is 9.13. The summed E-state index contributed by atoms with van der Waals surface area (Å²) in [5.74, 6) is -0.385. The lowest BCUT2D eigenvalue weighted by molar-refractivity contribution is -0.137. The Bertz CT molecular complexity index is 1040. The maximum absolute atomic E-state index is 12.3. The Balaban J connectivity index is 1.22. The van der Waals surface area contributed by atoms with Crippen LogP contribution in [0.25, 0.3) is 0 Å². The van der Waals surface area contributed by atoms with Crippen molar-refractivity contribution in [2.75, 3.05) is 31.1 Å². The molecule has 2 amide bonds. The normalized spacial score (nSPS) is 24.5. The molecule has 0 saturated carbocycles. The van der Waals surface area contributed by atoms with Crippen molar-refractivity contribution in [1.82, 2.24) is 20.1 Å². The highest BCUT2D eigenvalue weighted by Gasteiger charge is 2.39. The van der Waals surface area contributed by atoms with E-state index in [0.717, 1.165) is 37.2 Å². The van der Waals surface area contributed by atoms with Gasteiger partial charge in [-0.05, 0) is 45.1 Å². The van der Waals surface area contributed by atoms with Crippen molar-refractivity contribution in [3.8, 4) is 0 Å². The van der Waals surface area contributed by atoms with Gasteiger partial charge in [-0.15, -0.1) is 0 Å². The molecule has 5 rings (SSSR count). The van der Waals surface area contributed by atoms with E-state index in [9.17, 15) is 9.59 Å². The van der Waals surface area contributed by atoms with Crippen LogP contribution in [0, 0.1) is 0 Å². The number of rotatable bonds is 4. The van der Waals surface area contributed by atoms with Gasteiger partial charge in [0.15, 0.2) is 0 Å². The first kappa shape index (κ1) is 21.9. The summed E-state index contributed by atoms with van der Waals surface area (Å²) in [7, 11) is 0. The van der Waals surface area contributed by atoms with Crippen molar-refractivity contribution in [3.63, 3.8) is 0 Å². The van der Waals surface area contributed by atoms with Crippen LogP contribution >= 0.6 is 28.6 Å². The van der Waals surface area contributed by atoms with E-state index in [1.165, 1.54) is 22.4 Å². The number of hydrogen-bond donors (Lipinski definition) is 2. The first-order valence-corrected chi connectivity index (χ1v) is 12.3. The number of nitrogens with zero attached hydrogens (tertiary/aromatic N) is 4. The van der Waals surface area contributed by atoms with Crippen molar-refractivity contribution in [1.29, 1.82) is 0 Å². The Morgan fingerprint density at radius 1 is 1.16 bits per heavy atom. The van der Waals surface area contributed by atoms with Gasteiger partial charge < -0.3 is 4.90 Å². The van der Waals surface area contributed by atoms with Crippen LogP contribution in [0.1, 0.15) is 34.9 Å². The van der Waals surface area contributed by atoms with E-state index in [0.29, 0.717) is 19.4 Å². The van der Waals surface area contributed by atoms with Crippen LogP contribution in [-0.2, 0) is 22.7 Å². The third-order valence-electron chi connectivity index (χ3n) is 6.64. The van der Waals surface area contributed by atoms with Gasteiger partial charge in [0.1, 0.15) is 0 Å². The third-order valence-corrected chi connectivity index (χ3v) is 7.82. The molecule has 0 bridgehead atoms. The topological polar surface area (TPSA) is 68.8 Å². The Kier molecular flexibility index (Phi) is 6.24. The molecule has 0 spiro atoms. The number of hydrogen-bond acceptors (Lipinski definition) is 7. The summed E-state index contributed by atoms with van der Waals surface area (Å²) < 4.78 is 1.03. The number of anilines is 1. The molecule has 1 N–H and O–H groups in total. The Labute approximate surface area is 201 Å². The highest BCUT2D eigenvalue weighted by Crippen LogP contribution is 2.39. The van der Waals surface area contributed by atoms with Crippen molar-refractivity contribution in [2.45, 2.75) is 37.3 Å². The zero-order valence-corrected chi connectivity index (χ0v) is 20.2. The monoisotopic (exact) mass is 515 g/mol. The maximum Gasteiger partial charge on any atom is 0.243 e. The molecule has 32 heavy (non-hydrogen) atoms. The van der Waals surface area contributed by atoms with Gasteiger partial charge in [-0.2, -0.15) is 12.6 Å². The standard InChI is InChI=1S/C23H26BrN5O2S/c24-18-12-25-6-5-19(18)28-9-7-27(8-10-28)13-15-1-2-16-14-29(23(32)17(16)11-15)20-3-4-21(30)26-22(20)31/h1-2,5-6,11-12,20,23,32H,3-4,7-10,13-14H2,(H,26,30,31). The molecule has 1 aromatic carbocycles. The predicted molar refractivity (Wildman–Crippen MR) is 129 cm³/mol. The average Bonchev–Trinajstić information content (AvgIpc) is 3.11. The number of pyridine rings is 1. The smallest absolute Gasteiger partial charge is 0.243 e. The van der Waals surface area contributed by atoms with E-state index >= 15 is 0 Å². The summed E-state index contributed by atoms with van der Waals surface area (Å²) in [6.07, 6.45) is 4.62. The number of aromatic nitrogens is 1. The van der Waals surface area contributed by atoms with E-state index in [2.05, 4.69) is 65.2 Å². The van der Waals surface area contributed by atoms with Crippen molar-refractivity contribution >= 4 is 46.1 Å². The summed E-state index contributed by atoms with van der Waals surface area (Å²) in [5, 5.41) is 2.34. The fraction of sp³-hybridized carbons (Fsp3) is 0.435. The molecule has 1 aromatic heterocycles. The van der Waals surface area contributed by atoms with Crippen LogP contribution in [0.15, 0.2) is 41.1 Å². The molecule has 2 saturated heterocycles. The Morgan fingerprint density at radius 2 is 1.97 bits per heavy atom. The quantitative estimate of drug-likeness (QED) is 0.482. The second-order valence-corrected chi connectivity index (χ2v) is 9.98. The first-order chi connectivity index (χ1) is 15.5. The highest BCUT2D eigenvalue weighted by molar-refractivity contribution is 9.10. The molecule has 2 fully saturated rings. The van der Waals surface area contributed by atoms with E-state index < -0.39 is 0 Å². The zero-order chi connectivity index (χ0) is 22.2. The van der Waals surface area contributed by atoms with Crippen molar-refractivity contribution in [3.05, 3.63) is 57.8 Å². The molecule has 3 aliphatic rings. The van der Waals surface area contributed by atoms with Gasteiger partial charge in [-0.1, -0.05) is 18.2 Å². The van der Waals surface area contributed by atoms with Gasteiger partial charge in [-0.3, -0.25) is 29.7 Å². The number of nitrogens with one attached hydrogen (secondary N) is 1. The molecule has 0 aliphatic carbocycles. The second-order valence-electron chi connectivity index (χ2n) is 8.64. The van der Waals surface area contributed by atoms with Crippen LogP contribution in [0.3, 0.4) is 0 Å². The molecular weight excluding hydrogens is 490 g/mol.